The van der Waals surface area contributed by atoms with E-state index in [0.717, 1.165) is 18.7 Å². The molecule has 3 heteroatoms. The minimum Gasteiger partial charge on any atom is -0.293 e. The highest BCUT2D eigenvalue weighted by Crippen LogP contribution is 2.27. The Bertz CT molecular complexity index is 423. The molecule has 0 amide bonds. The van der Waals surface area contributed by atoms with Gasteiger partial charge >= 0.3 is 0 Å². The first-order valence-corrected chi connectivity index (χ1v) is 5.10. The van der Waals surface area contributed by atoms with Crippen molar-refractivity contribution < 1.29 is 4.79 Å². The number of hydrogen-bond acceptors (Lipinski definition) is 3. The van der Waals surface area contributed by atoms with Crippen LogP contribution in [0.25, 0.3) is 0 Å². The van der Waals surface area contributed by atoms with Gasteiger partial charge in [0, 0.05) is 13.5 Å². The summed E-state index contributed by atoms with van der Waals surface area (Å²) in [4.78, 5) is 11.1. The topological polar surface area (TPSA) is 32.7 Å². The monoisotopic (exact) mass is 202 g/mol. The number of carbonyl (C=O) groups is 1. The molecule has 0 atom stereocenters. The van der Waals surface area contributed by atoms with Gasteiger partial charge in [-0.2, -0.15) is 5.10 Å². The summed E-state index contributed by atoms with van der Waals surface area (Å²) in [5.41, 5.74) is 2.99. The van der Waals surface area contributed by atoms with Gasteiger partial charge in [-0.3, -0.25) is 9.80 Å². The summed E-state index contributed by atoms with van der Waals surface area (Å²) in [7, 11) is 0. The van der Waals surface area contributed by atoms with Crippen molar-refractivity contribution in [3.05, 3.63) is 29.8 Å². The van der Waals surface area contributed by atoms with Crippen molar-refractivity contribution in [1.82, 2.24) is 0 Å². The molecule has 0 bridgehead atoms. The second-order valence-corrected chi connectivity index (χ2v) is 3.74. The van der Waals surface area contributed by atoms with Gasteiger partial charge in [0.1, 0.15) is 5.71 Å². The van der Waals surface area contributed by atoms with Crippen LogP contribution in [0.4, 0.5) is 5.69 Å². The number of ketones is 1. The maximum Gasteiger partial charge on any atom is 0.175 e. The molecule has 1 aliphatic heterocycles. The zero-order chi connectivity index (χ0) is 10.8. The van der Waals surface area contributed by atoms with Crippen molar-refractivity contribution >= 4 is 17.2 Å². The number of hydrazone groups is 1. The first kappa shape index (κ1) is 9.90. The molecule has 78 valence electrons. The lowest BCUT2D eigenvalue weighted by Gasteiger charge is -2.13. The molecule has 0 saturated carbocycles. The summed E-state index contributed by atoms with van der Waals surface area (Å²) >= 11 is 0. The summed E-state index contributed by atoms with van der Waals surface area (Å²) in [5, 5.41) is 6.23. The van der Waals surface area contributed by atoms with Crippen LogP contribution in [0.5, 0.6) is 0 Å². The Morgan fingerprint density at radius 2 is 2.07 bits per heavy atom. The molecule has 0 radical (unpaired) electrons. The second-order valence-electron chi connectivity index (χ2n) is 3.74. The highest BCUT2D eigenvalue weighted by molar-refractivity contribution is 6.38. The van der Waals surface area contributed by atoms with E-state index < -0.39 is 0 Å². The van der Waals surface area contributed by atoms with Crippen molar-refractivity contribution in [2.24, 2.45) is 5.10 Å². The fourth-order valence-electron chi connectivity index (χ4n) is 1.68. The Labute approximate surface area is 89.4 Å². The maximum absolute atomic E-state index is 11.1. The van der Waals surface area contributed by atoms with Gasteiger partial charge in [0.15, 0.2) is 5.78 Å². The van der Waals surface area contributed by atoms with Crippen LogP contribution in [0.1, 0.15) is 19.4 Å². The highest BCUT2D eigenvalue weighted by Gasteiger charge is 2.18. The summed E-state index contributed by atoms with van der Waals surface area (Å²) in [6.07, 6.45) is 1.00. The molecule has 1 aromatic carbocycles. The molecule has 1 heterocycles. The van der Waals surface area contributed by atoms with Gasteiger partial charge in [-0.25, -0.2) is 0 Å². The average molecular weight is 202 g/mol. The number of Topliss-reactive ketones (excluding diaryl/α,β-unsaturated/α-hetero) is 1. The first-order chi connectivity index (χ1) is 7.18. The van der Waals surface area contributed by atoms with Gasteiger partial charge in [0.2, 0.25) is 0 Å². The Morgan fingerprint density at radius 3 is 2.80 bits per heavy atom. The van der Waals surface area contributed by atoms with E-state index in [1.807, 2.05) is 23.2 Å². The summed E-state index contributed by atoms with van der Waals surface area (Å²) < 4.78 is 0. The van der Waals surface area contributed by atoms with E-state index in [9.17, 15) is 4.79 Å². The number of benzene rings is 1. The lowest BCUT2D eigenvalue weighted by Crippen LogP contribution is -2.18. The first-order valence-electron chi connectivity index (χ1n) is 5.10. The van der Waals surface area contributed by atoms with Gasteiger partial charge in [0.05, 0.1) is 5.69 Å². The molecule has 0 spiro atoms. The Kier molecular flexibility index (Phi) is 2.54. The van der Waals surface area contributed by atoms with Crippen molar-refractivity contribution in [2.45, 2.75) is 20.3 Å². The summed E-state index contributed by atoms with van der Waals surface area (Å²) in [6, 6.07) is 8.17. The van der Waals surface area contributed by atoms with E-state index in [0.29, 0.717) is 5.71 Å². The van der Waals surface area contributed by atoms with Gasteiger partial charge in [-0.1, -0.05) is 18.2 Å². The van der Waals surface area contributed by atoms with Gasteiger partial charge in [0.25, 0.3) is 0 Å². The van der Waals surface area contributed by atoms with E-state index >= 15 is 0 Å². The zero-order valence-corrected chi connectivity index (χ0v) is 9.03. The molecule has 0 saturated heterocycles. The standard InChI is InChI=1S/C12H14N2O/c1-9(10(2)15)13-14-8-7-11-5-3-4-6-12(11)14/h3-6H,7-8H2,1-2H3/b13-9+. The molecule has 1 aliphatic rings. The Balaban J connectivity index is 2.28. The highest BCUT2D eigenvalue weighted by atomic mass is 16.1. The number of fused-ring (bicyclic) bond motifs is 1. The molecule has 0 aliphatic carbocycles. The molecule has 2 rings (SSSR count). The lowest BCUT2D eigenvalue weighted by molar-refractivity contribution is -0.111. The molecule has 0 unspecified atom stereocenters. The molecule has 0 fully saturated rings. The molecule has 1 aromatic rings. The number of carbonyl (C=O) groups excluding carboxylic acids is 1. The van der Waals surface area contributed by atoms with Crippen molar-refractivity contribution in [3.8, 4) is 0 Å². The van der Waals surface area contributed by atoms with Crippen LogP contribution >= 0.6 is 0 Å². The fraction of sp³-hybridized carbons (Fsp3) is 0.333. The molecular formula is C12H14N2O. The van der Waals surface area contributed by atoms with Crippen LogP contribution in [0.3, 0.4) is 0 Å². The molecule has 3 nitrogen and oxygen atoms in total. The number of nitrogens with zero attached hydrogens (tertiary/aromatic N) is 2. The largest absolute Gasteiger partial charge is 0.293 e. The van der Waals surface area contributed by atoms with Crippen LogP contribution in [-0.4, -0.2) is 18.0 Å². The summed E-state index contributed by atoms with van der Waals surface area (Å²) in [5.74, 6) is 0.0272. The Hall–Kier alpha value is -1.64. The molecule has 0 aromatic heterocycles. The average Bonchev–Trinajstić information content (AvgIpc) is 2.62. The quantitative estimate of drug-likeness (QED) is 0.687. The fourth-order valence-corrected chi connectivity index (χ4v) is 1.68. The normalized spacial score (nSPS) is 15.3. The van der Waals surface area contributed by atoms with E-state index in [1.165, 1.54) is 5.56 Å². The van der Waals surface area contributed by atoms with Crippen LogP contribution in [-0.2, 0) is 11.2 Å². The Morgan fingerprint density at radius 1 is 1.33 bits per heavy atom. The van der Waals surface area contributed by atoms with Crippen LogP contribution in [0, 0.1) is 0 Å². The summed E-state index contributed by atoms with van der Waals surface area (Å²) in [6.45, 7) is 4.16. The van der Waals surface area contributed by atoms with E-state index in [2.05, 4.69) is 11.2 Å². The second kappa shape index (κ2) is 3.85. The molecule has 15 heavy (non-hydrogen) atoms. The predicted molar refractivity (Wildman–Crippen MR) is 61.3 cm³/mol. The third-order valence-corrected chi connectivity index (χ3v) is 2.64. The minimum atomic E-state index is 0.0272. The number of hydrogen-bond donors (Lipinski definition) is 0. The van der Waals surface area contributed by atoms with Crippen molar-refractivity contribution in [2.75, 3.05) is 11.6 Å². The smallest absolute Gasteiger partial charge is 0.175 e. The predicted octanol–water partition coefficient (Wildman–Crippen LogP) is 2.01. The lowest BCUT2D eigenvalue weighted by atomic mass is 10.2. The third kappa shape index (κ3) is 1.91. The van der Waals surface area contributed by atoms with Crippen molar-refractivity contribution in [3.63, 3.8) is 0 Å². The molecular weight excluding hydrogens is 188 g/mol. The van der Waals surface area contributed by atoms with Gasteiger partial charge in [-0.15, -0.1) is 0 Å². The zero-order valence-electron chi connectivity index (χ0n) is 9.03. The van der Waals surface area contributed by atoms with Crippen molar-refractivity contribution in [1.29, 1.82) is 0 Å². The maximum atomic E-state index is 11.1. The third-order valence-electron chi connectivity index (χ3n) is 2.64. The van der Waals surface area contributed by atoms with Crippen LogP contribution in [0.2, 0.25) is 0 Å². The van der Waals surface area contributed by atoms with Gasteiger partial charge in [-0.05, 0) is 25.0 Å². The van der Waals surface area contributed by atoms with Crippen LogP contribution < -0.4 is 5.01 Å². The SMILES string of the molecule is CC(=O)/C(C)=N/N1CCc2ccccc21. The van der Waals surface area contributed by atoms with E-state index in [4.69, 9.17) is 0 Å². The van der Waals surface area contributed by atoms with E-state index in [1.54, 1.807) is 13.8 Å². The van der Waals surface area contributed by atoms with Crippen LogP contribution in [0.15, 0.2) is 29.4 Å². The number of para-hydroxylation sites is 1. The minimum absolute atomic E-state index is 0.0272. The number of rotatable bonds is 2. The molecule has 0 N–H and O–H groups in total. The van der Waals surface area contributed by atoms with E-state index in [-0.39, 0.29) is 5.78 Å². The number of anilines is 1. The van der Waals surface area contributed by atoms with Gasteiger partial charge < -0.3 is 0 Å².